The number of hydrogen-bond donors (Lipinski definition) is 2. The van der Waals surface area contributed by atoms with Crippen LogP contribution in [0.3, 0.4) is 0 Å². The van der Waals surface area contributed by atoms with Crippen LogP contribution < -0.4 is 15.8 Å². The van der Waals surface area contributed by atoms with E-state index in [1.54, 1.807) is 24.4 Å². The van der Waals surface area contributed by atoms with E-state index in [0.717, 1.165) is 5.69 Å². The summed E-state index contributed by atoms with van der Waals surface area (Å²) in [4.78, 5) is 8.32. The van der Waals surface area contributed by atoms with Gasteiger partial charge < -0.3 is 15.8 Å². The molecule has 1 aromatic heterocycles. The van der Waals surface area contributed by atoms with E-state index in [1.165, 1.54) is 6.07 Å². The lowest BCUT2D eigenvalue weighted by molar-refractivity contribution is -0.153. The first kappa shape index (κ1) is 22.0. The zero-order valence-electron chi connectivity index (χ0n) is 13.9. The van der Waals surface area contributed by atoms with Crippen molar-refractivity contribution >= 4 is 29.9 Å². The van der Waals surface area contributed by atoms with Crippen molar-refractivity contribution in [1.82, 2.24) is 10.3 Å². The van der Waals surface area contributed by atoms with Crippen molar-refractivity contribution in [3.63, 3.8) is 0 Å². The van der Waals surface area contributed by atoms with Crippen molar-refractivity contribution in [3.05, 3.63) is 59.9 Å². The Morgan fingerprint density at radius 1 is 1.15 bits per heavy atom. The fourth-order valence-electron chi connectivity index (χ4n) is 2.03. The lowest BCUT2D eigenvalue weighted by atomic mass is 10.2. The summed E-state index contributed by atoms with van der Waals surface area (Å²) >= 11 is 0. The van der Waals surface area contributed by atoms with Gasteiger partial charge in [0.15, 0.2) is 12.6 Å². The molecule has 3 N–H and O–H groups in total. The SMILES string of the molecule is I.NC(=NCc1ccccc1OCC(F)(F)F)NCCc1ccccn1. The number of nitrogens with zero attached hydrogens (tertiary/aromatic N) is 2. The quantitative estimate of drug-likeness (QED) is 0.363. The fraction of sp³-hybridized carbons (Fsp3) is 0.294. The van der Waals surface area contributed by atoms with Gasteiger partial charge in [-0.25, -0.2) is 4.99 Å². The number of nitrogens with one attached hydrogen (secondary N) is 1. The summed E-state index contributed by atoms with van der Waals surface area (Å²) < 4.78 is 41.6. The average molecular weight is 480 g/mol. The molecule has 1 aromatic carbocycles. The molecule has 0 saturated heterocycles. The van der Waals surface area contributed by atoms with Crippen LogP contribution in [-0.2, 0) is 13.0 Å². The fourth-order valence-corrected chi connectivity index (χ4v) is 2.03. The van der Waals surface area contributed by atoms with Crippen molar-refractivity contribution in [2.75, 3.05) is 13.2 Å². The minimum absolute atomic E-state index is 0. The highest BCUT2D eigenvalue weighted by Gasteiger charge is 2.28. The van der Waals surface area contributed by atoms with Gasteiger partial charge in [-0.15, -0.1) is 24.0 Å². The Morgan fingerprint density at radius 2 is 1.88 bits per heavy atom. The Hall–Kier alpha value is -2.04. The van der Waals surface area contributed by atoms with Gasteiger partial charge in [-0.3, -0.25) is 4.98 Å². The van der Waals surface area contributed by atoms with E-state index in [2.05, 4.69) is 15.3 Å². The number of para-hydroxylation sites is 1. The van der Waals surface area contributed by atoms with Crippen LogP contribution in [0.2, 0.25) is 0 Å². The molecule has 9 heteroatoms. The van der Waals surface area contributed by atoms with Crippen LogP contribution in [0.5, 0.6) is 5.75 Å². The predicted molar refractivity (Wildman–Crippen MR) is 105 cm³/mol. The molecule has 0 aliphatic heterocycles. The van der Waals surface area contributed by atoms with Crippen LogP contribution in [0.25, 0.3) is 0 Å². The van der Waals surface area contributed by atoms with Crippen LogP contribution >= 0.6 is 24.0 Å². The molecule has 0 unspecified atom stereocenters. The Labute approximate surface area is 166 Å². The maximum absolute atomic E-state index is 12.3. The second-order valence-corrected chi connectivity index (χ2v) is 5.21. The van der Waals surface area contributed by atoms with E-state index < -0.39 is 12.8 Å². The molecule has 0 atom stereocenters. The Balaban J connectivity index is 0.00000338. The molecule has 0 amide bonds. The summed E-state index contributed by atoms with van der Waals surface area (Å²) in [5, 5.41) is 2.94. The van der Waals surface area contributed by atoms with Crippen molar-refractivity contribution < 1.29 is 17.9 Å². The Bertz CT molecular complexity index is 696. The summed E-state index contributed by atoms with van der Waals surface area (Å²) in [6.07, 6.45) is -1.99. The smallest absolute Gasteiger partial charge is 0.422 e. The number of guanidine groups is 1. The number of aromatic nitrogens is 1. The first-order valence-corrected chi connectivity index (χ1v) is 7.65. The predicted octanol–water partition coefficient (Wildman–Crippen LogP) is 3.29. The van der Waals surface area contributed by atoms with E-state index in [4.69, 9.17) is 10.5 Å². The molecule has 1 heterocycles. The van der Waals surface area contributed by atoms with Crippen LogP contribution in [0, 0.1) is 0 Å². The maximum Gasteiger partial charge on any atom is 0.422 e. The summed E-state index contributed by atoms with van der Waals surface area (Å²) in [5.41, 5.74) is 7.23. The molecule has 26 heavy (non-hydrogen) atoms. The summed E-state index contributed by atoms with van der Waals surface area (Å²) in [7, 11) is 0. The van der Waals surface area contributed by atoms with Crippen molar-refractivity contribution in [2.24, 2.45) is 10.7 Å². The molecule has 0 bridgehead atoms. The highest BCUT2D eigenvalue weighted by Crippen LogP contribution is 2.22. The maximum atomic E-state index is 12.3. The topological polar surface area (TPSA) is 72.5 Å². The van der Waals surface area contributed by atoms with Crippen LogP contribution in [0.4, 0.5) is 13.2 Å². The second kappa shape index (κ2) is 10.8. The number of hydrogen-bond acceptors (Lipinski definition) is 3. The van der Waals surface area contributed by atoms with Gasteiger partial charge >= 0.3 is 6.18 Å². The molecule has 0 fully saturated rings. The third-order valence-electron chi connectivity index (χ3n) is 3.20. The number of nitrogens with two attached hydrogens (primary N) is 1. The Kier molecular flexibility index (Phi) is 9.17. The first-order valence-electron chi connectivity index (χ1n) is 7.65. The van der Waals surface area contributed by atoms with Gasteiger partial charge in [0, 0.05) is 30.4 Å². The number of aliphatic imine (C=N–C) groups is 1. The van der Waals surface area contributed by atoms with Crippen LogP contribution in [-0.4, -0.2) is 30.3 Å². The van der Waals surface area contributed by atoms with Gasteiger partial charge in [0.05, 0.1) is 6.54 Å². The zero-order chi connectivity index (χ0) is 18.1. The van der Waals surface area contributed by atoms with E-state index >= 15 is 0 Å². The number of rotatable bonds is 7. The summed E-state index contributed by atoms with van der Waals surface area (Å²) in [5.74, 6) is 0.353. The van der Waals surface area contributed by atoms with Crippen molar-refractivity contribution in [3.8, 4) is 5.75 Å². The van der Waals surface area contributed by atoms with Crippen LogP contribution in [0.15, 0.2) is 53.7 Å². The highest BCUT2D eigenvalue weighted by atomic mass is 127. The first-order chi connectivity index (χ1) is 11.9. The molecule has 2 aromatic rings. The molecular weight excluding hydrogens is 460 g/mol. The number of pyridine rings is 1. The molecule has 2 rings (SSSR count). The minimum Gasteiger partial charge on any atom is -0.484 e. The van der Waals surface area contributed by atoms with Gasteiger partial charge in [0.2, 0.25) is 0 Å². The molecule has 0 radical (unpaired) electrons. The molecule has 0 spiro atoms. The monoisotopic (exact) mass is 480 g/mol. The second-order valence-electron chi connectivity index (χ2n) is 5.21. The third kappa shape index (κ3) is 8.37. The normalized spacial score (nSPS) is 11.6. The molecule has 5 nitrogen and oxygen atoms in total. The zero-order valence-corrected chi connectivity index (χ0v) is 16.2. The molecule has 0 saturated carbocycles. The van der Waals surface area contributed by atoms with Crippen LogP contribution in [0.1, 0.15) is 11.3 Å². The molecule has 142 valence electrons. The van der Waals surface area contributed by atoms with E-state index in [9.17, 15) is 13.2 Å². The number of alkyl halides is 3. The summed E-state index contributed by atoms with van der Waals surface area (Å²) in [6.45, 7) is -0.666. The van der Waals surface area contributed by atoms with Gasteiger partial charge in [0.1, 0.15) is 5.75 Å². The standard InChI is InChI=1S/C17H19F3N4O.HI/c18-17(19,20)12-25-15-7-2-1-5-13(15)11-24-16(21)23-10-8-14-6-3-4-9-22-14;/h1-7,9H,8,10-12H2,(H3,21,23,24);1H. The van der Waals surface area contributed by atoms with Gasteiger partial charge in [-0.1, -0.05) is 24.3 Å². The number of benzene rings is 1. The molecule has 0 aliphatic carbocycles. The van der Waals surface area contributed by atoms with Gasteiger partial charge in [0.25, 0.3) is 0 Å². The Morgan fingerprint density at radius 3 is 2.58 bits per heavy atom. The number of ether oxygens (including phenoxy) is 1. The lowest BCUT2D eigenvalue weighted by Crippen LogP contribution is -2.33. The van der Waals surface area contributed by atoms with E-state index in [0.29, 0.717) is 18.5 Å². The average Bonchev–Trinajstić information content (AvgIpc) is 2.59. The third-order valence-corrected chi connectivity index (χ3v) is 3.20. The van der Waals surface area contributed by atoms with Gasteiger partial charge in [-0.2, -0.15) is 13.2 Å². The van der Waals surface area contributed by atoms with E-state index in [-0.39, 0.29) is 42.2 Å². The highest BCUT2D eigenvalue weighted by molar-refractivity contribution is 14.0. The van der Waals surface area contributed by atoms with E-state index in [1.807, 2.05) is 18.2 Å². The van der Waals surface area contributed by atoms with Crippen molar-refractivity contribution in [1.29, 1.82) is 0 Å². The number of halogens is 4. The van der Waals surface area contributed by atoms with Crippen molar-refractivity contribution in [2.45, 2.75) is 19.1 Å². The lowest BCUT2D eigenvalue weighted by Gasteiger charge is -2.12. The largest absolute Gasteiger partial charge is 0.484 e. The van der Waals surface area contributed by atoms with Gasteiger partial charge in [-0.05, 0) is 18.2 Å². The molecule has 0 aliphatic rings. The minimum atomic E-state index is -4.39. The summed E-state index contributed by atoms with van der Waals surface area (Å²) in [6, 6.07) is 12.1. The molecular formula is C17H20F3IN4O.